The fourth-order valence-corrected chi connectivity index (χ4v) is 4.06. The van der Waals surface area contributed by atoms with Gasteiger partial charge in [0.15, 0.2) is 0 Å². The normalized spacial score (nSPS) is 27.3. The summed E-state index contributed by atoms with van der Waals surface area (Å²) in [7, 11) is 0. The molecule has 2 amide bonds. The monoisotopic (exact) mass is 348 g/mol. The zero-order valence-corrected chi connectivity index (χ0v) is 14.9. The molecule has 0 unspecified atom stereocenters. The largest absolute Gasteiger partial charge is 0.353 e. The van der Waals surface area contributed by atoms with Crippen molar-refractivity contribution in [1.82, 2.24) is 5.32 Å². The average molecular weight is 349 g/mol. The van der Waals surface area contributed by atoms with Gasteiger partial charge in [0, 0.05) is 19.0 Å². The molecule has 5 heteroatoms. The number of amides is 2. The Hall–Kier alpha value is -1.55. The molecule has 0 bridgehead atoms. The molecule has 1 heterocycles. The Morgan fingerprint density at radius 3 is 2.62 bits per heavy atom. The SMILES string of the molecule is CCC1CCC(NC(=O)[C@@H]2CC(=O)N(c3ccccc3Cl)C2)CC1. The van der Waals surface area contributed by atoms with Crippen LogP contribution in [0.3, 0.4) is 0 Å². The quantitative estimate of drug-likeness (QED) is 0.900. The van der Waals surface area contributed by atoms with Crippen LogP contribution in [0.2, 0.25) is 5.02 Å². The first-order chi connectivity index (χ1) is 11.6. The molecule has 1 N–H and O–H groups in total. The van der Waals surface area contributed by atoms with E-state index in [1.54, 1.807) is 11.0 Å². The first kappa shape index (κ1) is 17.3. The molecule has 1 saturated heterocycles. The maximum absolute atomic E-state index is 12.5. The molecule has 3 rings (SSSR count). The lowest BCUT2D eigenvalue weighted by Crippen LogP contribution is -2.41. The molecule has 1 atom stereocenters. The smallest absolute Gasteiger partial charge is 0.227 e. The lowest BCUT2D eigenvalue weighted by Gasteiger charge is -2.29. The van der Waals surface area contributed by atoms with Crippen molar-refractivity contribution in [3.05, 3.63) is 29.3 Å². The minimum absolute atomic E-state index is 0.0119. The lowest BCUT2D eigenvalue weighted by molar-refractivity contribution is -0.127. The van der Waals surface area contributed by atoms with Crippen molar-refractivity contribution < 1.29 is 9.59 Å². The predicted molar refractivity (Wildman–Crippen MR) is 96.1 cm³/mol. The molecule has 0 radical (unpaired) electrons. The maximum Gasteiger partial charge on any atom is 0.227 e. The molecule has 0 spiro atoms. The van der Waals surface area contributed by atoms with Crippen LogP contribution >= 0.6 is 11.6 Å². The van der Waals surface area contributed by atoms with Crippen molar-refractivity contribution >= 4 is 29.1 Å². The predicted octanol–water partition coefficient (Wildman–Crippen LogP) is 3.78. The van der Waals surface area contributed by atoms with Crippen LogP contribution < -0.4 is 10.2 Å². The van der Waals surface area contributed by atoms with E-state index >= 15 is 0 Å². The van der Waals surface area contributed by atoms with Crippen LogP contribution in [0, 0.1) is 11.8 Å². The van der Waals surface area contributed by atoms with Crippen molar-refractivity contribution in [2.24, 2.45) is 11.8 Å². The highest BCUT2D eigenvalue weighted by Gasteiger charge is 2.36. The number of nitrogens with one attached hydrogen (secondary N) is 1. The van der Waals surface area contributed by atoms with E-state index in [0.29, 0.717) is 17.3 Å². The zero-order chi connectivity index (χ0) is 17.1. The van der Waals surface area contributed by atoms with E-state index < -0.39 is 0 Å². The summed E-state index contributed by atoms with van der Waals surface area (Å²) in [5.74, 6) is 0.510. The summed E-state index contributed by atoms with van der Waals surface area (Å²) in [4.78, 5) is 26.5. The van der Waals surface area contributed by atoms with Crippen molar-refractivity contribution in [1.29, 1.82) is 0 Å². The van der Waals surface area contributed by atoms with Gasteiger partial charge in [-0.2, -0.15) is 0 Å². The molecule has 2 fully saturated rings. The van der Waals surface area contributed by atoms with Crippen LogP contribution in [-0.4, -0.2) is 24.4 Å². The van der Waals surface area contributed by atoms with E-state index in [0.717, 1.165) is 18.8 Å². The number of rotatable bonds is 4. The molecule has 1 saturated carbocycles. The number of hydrogen-bond acceptors (Lipinski definition) is 2. The molecule has 24 heavy (non-hydrogen) atoms. The van der Waals surface area contributed by atoms with Crippen LogP contribution in [0.1, 0.15) is 45.4 Å². The van der Waals surface area contributed by atoms with Gasteiger partial charge in [-0.25, -0.2) is 0 Å². The van der Waals surface area contributed by atoms with Crippen LogP contribution in [0.5, 0.6) is 0 Å². The van der Waals surface area contributed by atoms with E-state index in [1.165, 1.54) is 19.3 Å². The fraction of sp³-hybridized carbons (Fsp3) is 0.579. The van der Waals surface area contributed by atoms with Gasteiger partial charge < -0.3 is 10.2 Å². The Bertz CT molecular complexity index is 611. The number of para-hydroxylation sites is 1. The summed E-state index contributed by atoms with van der Waals surface area (Å²) >= 11 is 6.19. The Labute approximate surface area is 148 Å². The molecule has 4 nitrogen and oxygen atoms in total. The zero-order valence-electron chi connectivity index (χ0n) is 14.1. The number of hydrogen-bond donors (Lipinski definition) is 1. The minimum atomic E-state index is -0.280. The molecule has 130 valence electrons. The van der Waals surface area contributed by atoms with Gasteiger partial charge in [0.1, 0.15) is 0 Å². The summed E-state index contributed by atoms with van der Waals surface area (Å²) in [5.41, 5.74) is 0.697. The second-order valence-corrected chi connectivity index (χ2v) is 7.40. The van der Waals surface area contributed by atoms with Gasteiger partial charge in [-0.05, 0) is 43.7 Å². The third-order valence-corrected chi connectivity index (χ3v) is 5.73. The molecule has 1 aliphatic carbocycles. The summed E-state index contributed by atoms with van der Waals surface area (Å²) in [6, 6.07) is 7.55. The second kappa shape index (κ2) is 7.56. The second-order valence-electron chi connectivity index (χ2n) is 6.99. The number of anilines is 1. The van der Waals surface area contributed by atoms with E-state index in [1.807, 2.05) is 18.2 Å². The van der Waals surface area contributed by atoms with Gasteiger partial charge in [0.25, 0.3) is 0 Å². The van der Waals surface area contributed by atoms with Gasteiger partial charge in [0.05, 0.1) is 16.6 Å². The lowest BCUT2D eigenvalue weighted by atomic mass is 9.84. The van der Waals surface area contributed by atoms with Crippen LogP contribution in [0.25, 0.3) is 0 Å². The molecular weight excluding hydrogens is 324 g/mol. The van der Waals surface area contributed by atoms with Gasteiger partial charge in [0.2, 0.25) is 11.8 Å². The molecule has 0 aromatic heterocycles. The highest BCUT2D eigenvalue weighted by atomic mass is 35.5. The van der Waals surface area contributed by atoms with Crippen molar-refractivity contribution in [3.63, 3.8) is 0 Å². The minimum Gasteiger partial charge on any atom is -0.353 e. The van der Waals surface area contributed by atoms with E-state index in [-0.39, 0.29) is 30.2 Å². The Kier molecular flexibility index (Phi) is 5.44. The molecule has 1 aromatic carbocycles. The van der Waals surface area contributed by atoms with E-state index in [9.17, 15) is 9.59 Å². The molecule has 2 aliphatic rings. The Morgan fingerprint density at radius 1 is 1.25 bits per heavy atom. The van der Waals surface area contributed by atoms with Gasteiger partial charge >= 0.3 is 0 Å². The van der Waals surface area contributed by atoms with Crippen molar-refractivity contribution in [2.45, 2.75) is 51.5 Å². The van der Waals surface area contributed by atoms with E-state index in [2.05, 4.69) is 12.2 Å². The highest BCUT2D eigenvalue weighted by molar-refractivity contribution is 6.33. The standard InChI is InChI=1S/C19H25ClN2O2/c1-2-13-7-9-15(10-8-13)21-19(24)14-11-18(23)22(12-14)17-6-4-3-5-16(17)20/h3-6,13-15H,2,7-12H2,1H3,(H,21,24)/t13?,14-,15?/m1/s1. The van der Waals surface area contributed by atoms with Gasteiger partial charge in [-0.15, -0.1) is 0 Å². The molecule has 1 aliphatic heterocycles. The highest BCUT2D eigenvalue weighted by Crippen LogP contribution is 2.31. The fourth-order valence-electron chi connectivity index (χ4n) is 3.82. The average Bonchev–Trinajstić information content (AvgIpc) is 2.98. The molecular formula is C19H25ClN2O2. The summed E-state index contributed by atoms with van der Waals surface area (Å²) in [5, 5.41) is 3.71. The number of nitrogens with zero attached hydrogens (tertiary/aromatic N) is 1. The first-order valence-corrected chi connectivity index (χ1v) is 9.31. The third kappa shape index (κ3) is 3.75. The Morgan fingerprint density at radius 2 is 1.96 bits per heavy atom. The van der Waals surface area contributed by atoms with Crippen LogP contribution in [0.15, 0.2) is 24.3 Å². The number of carbonyl (C=O) groups is 2. The summed E-state index contributed by atoms with van der Waals surface area (Å²) in [6.07, 6.45) is 5.98. The number of carbonyl (C=O) groups excluding carboxylic acids is 2. The first-order valence-electron chi connectivity index (χ1n) is 8.93. The van der Waals surface area contributed by atoms with Gasteiger partial charge in [-0.3, -0.25) is 9.59 Å². The topological polar surface area (TPSA) is 49.4 Å². The molecule has 1 aromatic rings. The van der Waals surface area contributed by atoms with Crippen molar-refractivity contribution in [3.8, 4) is 0 Å². The van der Waals surface area contributed by atoms with Crippen LogP contribution in [0.4, 0.5) is 5.69 Å². The summed E-state index contributed by atoms with van der Waals surface area (Å²) in [6.45, 7) is 2.65. The number of benzene rings is 1. The number of halogens is 1. The maximum atomic E-state index is 12.5. The van der Waals surface area contributed by atoms with E-state index in [4.69, 9.17) is 11.6 Å². The Balaban J connectivity index is 1.58. The third-order valence-electron chi connectivity index (χ3n) is 5.41. The van der Waals surface area contributed by atoms with Crippen LogP contribution in [-0.2, 0) is 9.59 Å². The van der Waals surface area contributed by atoms with Gasteiger partial charge in [-0.1, -0.05) is 37.1 Å². The summed E-state index contributed by atoms with van der Waals surface area (Å²) < 4.78 is 0. The van der Waals surface area contributed by atoms with Crippen molar-refractivity contribution in [2.75, 3.05) is 11.4 Å².